The third kappa shape index (κ3) is 6.59. The number of morpholine rings is 1. The summed E-state index contributed by atoms with van der Waals surface area (Å²) in [5, 5.41) is 6.81. The topological polar surface area (TPSA) is 58.1 Å². The molecule has 0 atom stereocenters. The number of hydrogen-bond acceptors (Lipinski definition) is 4. The van der Waals surface area contributed by atoms with Crippen molar-refractivity contribution in [2.75, 3.05) is 47.0 Å². The van der Waals surface area contributed by atoms with E-state index in [4.69, 9.17) is 9.47 Å². The monoisotopic (exact) mass is 476 g/mol. The number of guanidine groups is 1. The molecule has 0 radical (unpaired) electrons. The van der Waals surface area contributed by atoms with Gasteiger partial charge in [-0.2, -0.15) is 0 Å². The number of benzene rings is 1. The molecule has 1 fully saturated rings. The quantitative estimate of drug-likeness (QED) is 0.375. The first-order valence-electron chi connectivity index (χ1n) is 8.87. The maximum Gasteiger partial charge on any atom is 0.191 e. The minimum atomic E-state index is 0. The van der Waals surface area contributed by atoms with Crippen LogP contribution < -0.4 is 15.4 Å². The molecule has 0 unspecified atom stereocenters. The average molecular weight is 476 g/mol. The molecule has 1 aromatic carbocycles. The molecule has 0 aromatic heterocycles. The molecule has 1 aromatic rings. The lowest BCUT2D eigenvalue weighted by Crippen LogP contribution is -2.56. The van der Waals surface area contributed by atoms with Gasteiger partial charge in [-0.25, -0.2) is 0 Å². The molecule has 7 heteroatoms. The van der Waals surface area contributed by atoms with Crippen LogP contribution in [0.1, 0.15) is 25.0 Å². The molecule has 0 aliphatic carbocycles. The van der Waals surface area contributed by atoms with Crippen molar-refractivity contribution >= 4 is 29.9 Å². The molecule has 26 heavy (non-hydrogen) atoms. The first-order valence-corrected chi connectivity index (χ1v) is 8.87. The molecular formula is C19H33IN4O2. The molecule has 1 aliphatic rings. The Bertz CT molecular complexity index is 587. The zero-order chi connectivity index (χ0) is 18.3. The van der Waals surface area contributed by atoms with E-state index in [-0.39, 0.29) is 29.5 Å². The van der Waals surface area contributed by atoms with Crippen LogP contribution in [0.3, 0.4) is 0 Å². The Morgan fingerprint density at radius 1 is 1.27 bits per heavy atom. The maximum atomic E-state index is 5.45. The second-order valence-electron chi connectivity index (χ2n) is 7.00. The molecule has 6 nitrogen and oxygen atoms in total. The molecular weight excluding hydrogens is 443 g/mol. The summed E-state index contributed by atoms with van der Waals surface area (Å²) in [5.74, 6) is 1.72. The predicted molar refractivity (Wildman–Crippen MR) is 118 cm³/mol. The fourth-order valence-electron chi connectivity index (χ4n) is 2.96. The van der Waals surface area contributed by atoms with E-state index in [0.717, 1.165) is 55.7 Å². The highest BCUT2D eigenvalue weighted by atomic mass is 127. The fourth-order valence-corrected chi connectivity index (χ4v) is 2.96. The highest BCUT2D eigenvalue weighted by molar-refractivity contribution is 14.0. The van der Waals surface area contributed by atoms with Gasteiger partial charge < -0.3 is 20.1 Å². The van der Waals surface area contributed by atoms with Gasteiger partial charge in [0, 0.05) is 38.8 Å². The Morgan fingerprint density at radius 2 is 1.96 bits per heavy atom. The van der Waals surface area contributed by atoms with Crippen LogP contribution >= 0.6 is 24.0 Å². The van der Waals surface area contributed by atoms with E-state index < -0.39 is 0 Å². The minimum Gasteiger partial charge on any atom is -0.496 e. The highest BCUT2D eigenvalue weighted by Gasteiger charge is 2.28. The van der Waals surface area contributed by atoms with Crippen molar-refractivity contribution in [3.8, 4) is 5.75 Å². The van der Waals surface area contributed by atoms with Crippen LogP contribution in [0.15, 0.2) is 23.2 Å². The molecule has 1 saturated heterocycles. The van der Waals surface area contributed by atoms with E-state index in [0.29, 0.717) is 6.54 Å². The molecule has 1 heterocycles. The standard InChI is InChI=1S/C19H32N4O2.HI/c1-15-6-7-16(12-17(15)24-5)13-21-18(20-4)22-14-19(2,3)23-8-10-25-11-9-23;/h6-7,12H,8-11,13-14H2,1-5H3,(H2,20,21,22);1H. The van der Waals surface area contributed by atoms with Gasteiger partial charge in [0.15, 0.2) is 5.96 Å². The van der Waals surface area contributed by atoms with Gasteiger partial charge in [0.25, 0.3) is 0 Å². The smallest absolute Gasteiger partial charge is 0.191 e. The summed E-state index contributed by atoms with van der Waals surface area (Å²) < 4.78 is 10.8. The van der Waals surface area contributed by atoms with Gasteiger partial charge in [-0.15, -0.1) is 24.0 Å². The molecule has 0 spiro atoms. The van der Waals surface area contributed by atoms with Crippen LogP contribution in [-0.2, 0) is 11.3 Å². The van der Waals surface area contributed by atoms with Gasteiger partial charge in [0.1, 0.15) is 5.75 Å². The zero-order valence-electron chi connectivity index (χ0n) is 16.6. The second-order valence-corrected chi connectivity index (χ2v) is 7.00. The maximum absolute atomic E-state index is 5.45. The molecule has 0 amide bonds. The van der Waals surface area contributed by atoms with E-state index in [9.17, 15) is 0 Å². The normalized spacial score (nSPS) is 16.0. The van der Waals surface area contributed by atoms with Gasteiger partial charge >= 0.3 is 0 Å². The summed E-state index contributed by atoms with van der Waals surface area (Å²) in [5.41, 5.74) is 2.35. The van der Waals surface area contributed by atoms with Crippen LogP contribution in [0.5, 0.6) is 5.75 Å². The molecule has 148 valence electrons. The van der Waals surface area contributed by atoms with E-state index in [2.05, 4.69) is 52.6 Å². The summed E-state index contributed by atoms with van der Waals surface area (Å²) in [6, 6.07) is 6.25. The largest absolute Gasteiger partial charge is 0.496 e. The summed E-state index contributed by atoms with van der Waals surface area (Å²) in [6.07, 6.45) is 0. The van der Waals surface area contributed by atoms with Crippen molar-refractivity contribution in [2.24, 2.45) is 4.99 Å². The van der Waals surface area contributed by atoms with Crippen molar-refractivity contribution in [1.29, 1.82) is 0 Å². The van der Waals surface area contributed by atoms with Crippen molar-refractivity contribution in [1.82, 2.24) is 15.5 Å². The van der Waals surface area contributed by atoms with E-state index in [1.165, 1.54) is 0 Å². The van der Waals surface area contributed by atoms with Gasteiger partial charge in [-0.3, -0.25) is 9.89 Å². The van der Waals surface area contributed by atoms with Gasteiger partial charge in [-0.1, -0.05) is 12.1 Å². The lowest BCUT2D eigenvalue weighted by Gasteiger charge is -2.41. The highest BCUT2D eigenvalue weighted by Crippen LogP contribution is 2.19. The number of methoxy groups -OCH3 is 1. The third-order valence-corrected chi connectivity index (χ3v) is 4.71. The Hall–Kier alpha value is -1.06. The first kappa shape index (κ1) is 23.0. The van der Waals surface area contributed by atoms with Crippen molar-refractivity contribution in [3.63, 3.8) is 0 Å². The number of ether oxygens (including phenoxy) is 2. The van der Waals surface area contributed by atoms with Crippen LogP contribution in [0.25, 0.3) is 0 Å². The Labute approximate surface area is 174 Å². The van der Waals surface area contributed by atoms with E-state index >= 15 is 0 Å². The second kappa shape index (κ2) is 10.9. The number of nitrogens with one attached hydrogen (secondary N) is 2. The predicted octanol–water partition coefficient (Wildman–Crippen LogP) is 2.40. The summed E-state index contributed by atoms with van der Waals surface area (Å²) >= 11 is 0. The summed E-state index contributed by atoms with van der Waals surface area (Å²) in [7, 11) is 3.50. The third-order valence-electron chi connectivity index (χ3n) is 4.71. The van der Waals surface area contributed by atoms with Gasteiger partial charge in [0.05, 0.1) is 20.3 Å². The molecule has 2 rings (SSSR count). The molecule has 0 bridgehead atoms. The number of rotatable bonds is 6. The van der Waals surface area contributed by atoms with Crippen molar-refractivity contribution < 1.29 is 9.47 Å². The van der Waals surface area contributed by atoms with E-state index in [1.54, 1.807) is 14.2 Å². The van der Waals surface area contributed by atoms with Crippen molar-refractivity contribution in [3.05, 3.63) is 29.3 Å². The van der Waals surface area contributed by atoms with Crippen LogP contribution in [0, 0.1) is 6.92 Å². The average Bonchev–Trinajstić information content (AvgIpc) is 2.63. The Balaban J connectivity index is 0.00000338. The molecule has 2 N–H and O–H groups in total. The summed E-state index contributed by atoms with van der Waals surface area (Å²) in [4.78, 5) is 6.79. The lowest BCUT2D eigenvalue weighted by molar-refractivity contribution is -0.00834. The van der Waals surface area contributed by atoms with Crippen LogP contribution in [0.2, 0.25) is 0 Å². The number of aliphatic imine (C=N–C) groups is 1. The minimum absolute atomic E-state index is 0. The molecule has 1 aliphatic heterocycles. The van der Waals surface area contributed by atoms with Crippen LogP contribution in [-0.4, -0.2) is 63.4 Å². The number of hydrogen-bond donors (Lipinski definition) is 2. The lowest BCUT2D eigenvalue weighted by atomic mass is 10.0. The van der Waals surface area contributed by atoms with Crippen molar-refractivity contribution in [2.45, 2.75) is 32.9 Å². The van der Waals surface area contributed by atoms with Crippen LogP contribution in [0.4, 0.5) is 0 Å². The zero-order valence-corrected chi connectivity index (χ0v) is 18.9. The Kier molecular flexibility index (Phi) is 9.67. The van der Waals surface area contributed by atoms with Gasteiger partial charge in [0.2, 0.25) is 0 Å². The number of nitrogens with zero attached hydrogens (tertiary/aromatic N) is 2. The number of aryl methyl sites for hydroxylation is 1. The fraction of sp³-hybridized carbons (Fsp3) is 0.632. The van der Waals surface area contributed by atoms with Gasteiger partial charge in [-0.05, 0) is 38.0 Å². The SMILES string of the molecule is CN=C(NCc1ccc(C)c(OC)c1)NCC(C)(C)N1CCOCC1.I. The van der Waals surface area contributed by atoms with E-state index in [1.807, 2.05) is 6.92 Å². The summed E-state index contributed by atoms with van der Waals surface area (Å²) in [6.45, 7) is 11.7. The Morgan fingerprint density at radius 3 is 2.58 bits per heavy atom. The molecule has 0 saturated carbocycles. The number of halogens is 1. The first-order chi connectivity index (χ1) is 12.0.